The average Bonchev–Trinajstić information content (AvgIpc) is 3.96. The standard InChI is InChI=1S/C43H59N9O9/c1-6-26(4)37(50-39(56)34(20-28-14-16-30(53)17-15-28)51(5)42(59)36(25(2)3)49-35(54)22-44)40(57)47-31(21-29-23-45-24-46-29)41(58)52-18-10-13-33(52)38(55)48-32(43(60)61)19-27-11-8-7-9-12-27/h7-9,11-12,14-17,23-26,31-34,36-37,53H,6,10,13,18-22,44H2,1-5H3,(H,45,46)(H,47,57)(H,48,55)(H,49,54)(H,50,56)(H,60,61)/t26-,31-,32-,33-,34-,36-,37-/m0/s1. The average molecular weight is 846 g/mol. The van der Waals surface area contributed by atoms with Gasteiger partial charge in [0.2, 0.25) is 35.4 Å². The Hall–Kier alpha value is -6.30. The number of H-pyrrole nitrogens is 1. The van der Waals surface area contributed by atoms with Crippen LogP contribution in [0.5, 0.6) is 5.75 Å². The monoisotopic (exact) mass is 845 g/mol. The Morgan fingerprint density at radius 3 is 2.13 bits per heavy atom. The Morgan fingerprint density at radius 1 is 0.869 bits per heavy atom. The molecule has 61 heavy (non-hydrogen) atoms. The van der Waals surface area contributed by atoms with Gasteiger partial charge in [-0.05, 0) is 47.9 Å². The van der Waals surface area contributed by atoms with Crippen LogP contribution in [0.4, 0.5) is 0 Å². The maximum Gasteiger partial charge on any atom is 0.326 e. The van der Waals surface area contributed by atoms with Gasteiger partial charge in [0.05, 0.1) is 12.9 Å². The molecule has 9 N–H and O–H groups in total. The predicted octanol–water partition coefficient (Wildman–Crippen LogP) is 0.646. The highest BCUT2D eigenvalue weighted by Gasteiger charge is 2.41. The van der Waals surface area contributed by atoms with Crippen molar-refractivity contribution in [3.05, 3.63) is 83.9 Å². The van der Waals surface area contributed by atoms with Crippen LogP contribution >= 0.6 is 0 Å². The largest absolute Gasteiger partial charge is 0.508 e. The molecule has 4 rings (SSSR count). The Bertz CT molecular complexity index is 1960. The van der Waals surface area contributed by atoms with Crippen LogP contribution in [0.2, 0.25) is 0 Å². The third kappa shape index (κ3) is 13.1. The number of carboxylic acid groups (broad SMARTS) is 1. The Morgan fingerprint density at radius 2 is 1.54 bits per heavy atom. The number of aliphatic carboxylic acids is 1. The van der Waals surface area contributed by atoms with Crippen molar-refractivity contribution in [3.63, 3.8) is 0 Å². The van der Waals surface area contributed by atoms with Crippen molar-refractivity contribution in [2.24, 2.45) is 17.6 Å². The van der Waals surface area contributed by atoms with Gasteiger partial charge in [-0.25, -0.2) is 9.78 Å². The smallest absolute Gasteiger partial charge is 0.326 e. The number of nitrogens with one attached hydrogen (secondary N) is 5. The number of carbonyl (C=O) groups excluding carboxylic acids is 6. The molecule has 6 amide bonds. The fourth-order valence-electron chi connectivity index (χ4n) is 7.23. The van der Waals surface area contributed by atoms with E-state index in [1.807, 2.05) is 6.92 Å². The second-order valence-corrected chi connectivity index (χ2v) is 15.8. The van der Waals surface area contributed by atoms with Crippen molar-refractivity contribution in [3.8, 4) is 5.75 Å². The molecule has 7 atom stereocenters. The zero-order chi connectivity index (χ0) is 44.8. The molecule has 0 spiro atoms. The molecule has 1 aromatic heterocycles. The second-order valence-electron chi connectivity index (χ2n) is 15.8. The van der Waals surface area contributed by atoms with Crippen LogP contribution < -0.4 is 27.0 Å². The van der Waals surface area contributed by atoms with Crippen molar-refractivity contribution in [2.45, 2.75) is 102 Å². The zero-order valence-corrected chi connectivity index (χ0v) is 35.3. The maximum absolute atomic E-state index is 14.4. The minimum atomic E-state index is -1.25. The Labute approximate surface area is 355 Å². The molecule has 1 saturated heterocycles. The van der Waals surface area contributed by atoms with Crippen LogP contribution in [-0.2, 0) is 52.8 Å². The van der Waals surface area contributed by atoms with E-state index in [2.05, 4.69) is 31.2 Å². The number of phenols is 1. The molecule has 1 aliphatic heterocycles. The maximum atomic E-state index is 14.4. The number of aromatic amines is 1. The number of imidazole rings is 1. The lowest BCUT2D eigenvalue weighted by Gasteiger charge is -2.34. The molecule has 18 heteroatoms. The topological polar surface area (TPSA) is 269 Å². The molecule has 1 fully saturated rings. The summed E-state index contributed by atoms with van der Waals surface area (Å²) in [6, 6.07) is 8.03. The van der Waals surface area contributed by atoms with Gasteiger partial charge in [-0.2, -0.15) is 0 Å². The molecule has 2 heterocycles. The molecule has 2 aromatic carbocycles. The van der Waals surface area contributed by atoms with Crippen molar-refractivity contribution < 1.29 is 43.8 Å². The van der Waals surface area contributed by atoms with Crippen molar-refractivity contribution in [1.82, 2.24) is 41.0 Å². The molecule has 330 valence electrons. The summed E-state index contributed by atoms with van der Waals surface area (Å²) >= 11 is 0. The first-order chi connectivity index (χ1) is 29.0. The van der Waals surface area contributed by atoms with Gasteiger partial charge >= 0.3 is 5.97 Å². The number of benzene rings is 2. The molecule has 0 aliphatic carbocycles. The fraction of sp³-hybridized carbons (Fsp3) is 0.488. The summed E-state index contributed by atoms with van der Waals surface area (Å²) in [6.45, 7) is 6.89. The van der Waals surface area contributed by atoms with Gasteiger partial charge < -0.3 is 52.0 Å². The number of phenolic OH excluding ortho intramolecular Hbond substituents is 1. The number of aromatic hydroxyl groups is 1. The van der Waals surface area contributed by atoms with E-state index >= 15 is 0 Å². The lowest BCUT2D eigenvalue weighted by molar-refractivity contribution is -0.145. The summed E-state index contributed by atoms with van der Waals surface area (Å²) in [5.41, 5.74) is 7.33. The van der Waals surface area contributed by atoms with Crippen molar-refractivity contribution >= 4 is 41.4 Å². The number of hydrogen-bond acceptors (Lipinski definition) is 10. The molecule has 0 radical (unpaired) electrons. The van der Waals surface area contributed by atoms with Crippen LogP contribution in [0.15, 0.2) is 67.1 Å². The van der Waals surface area contributed by atoms with E-state index in [9.17, 15) is 43.8 Å². The molecule has 3 aromatic rings. The summed E-state index contributed by atoms with van der Waals surface area (Å²) in [5, 5.41) is 30.7. The molecule has 0 unspecified atom stereocenters. The SMILES string of the molecule is CC[C@H](C)[C@H](NC(=O)[C@H](Cc1ccc(O)cc1)N(C)C(=O)[C@@H](NC(=O)CN)C(C)C)C(=O)N[C@@H](Cc1cnc[nH]1)C(=O)N1CCC[C@H]1C(=O)N[C@@H](Cc1ccccc1)C(=O)O. The van der Waals surface area contributed by atoms with Gasteiger partial charge in [-0.15, -0.1) is 0 Å². The number of nitrogens with zero attached hydrogens (tertiary/aromatic N) is 3. The number of carboxylic acids is 1. The molecule has 0 bridgehead atoms. The summed E-state index contributed by atoms with van der Waals surface area (Å²) in [5.74, 6) is -5.79. The minimum absolute atomic E-state index is 0.000294. The molecule has 1 aliphatic rings. The number of carbonyl (C=O) groups is 7. The number of aromatic nitrogens is 2. The zero-order valence-electron chi connectivity index (χ0n) is 35.3. The predicted molar refractivity (Wildman–Crippen MR) is 224 cm³/mol. The van der Waals surface area contributed by atoms with Crippen molar-refractivity contribution in [2.75, 3.05) is 20.1 Å². The Balaban J connectivity index is 1.60. The molecular formula is C43H59N9O9. The van der Waals surface area contributed by atoms with Gasteiger partial charge in [0.15, 0.2) is 0 Å². The number of hydrogen-bond donors (Lipinski definition) is 8. The van der Waals surface area contributed by atoms with Gasteiger partial charge in [0, 0.05) is 44.7 Å². The van der Waals surface area contributed by atoms with E-state index in [1.54, 1.807) is 63.2 Å². The summed E-state index contributed by atoms with van der Waals surface area (Å²) in [7, 11) is 1.43. The van der Waals surface area contributed by atoms with Gasteiger partial charge in [-0.1, -0.05) is 76.6 Å². The lowest BCUT2D eigenvalue weighted by atomic mass is 9.95. The van der Waals surface area contributed by atoms with E-state index in [4.69, 9.17) is 5.73 Å². The van der Waals surface area contributed by atoms with E-state index in [1.165, 1.54) is 41.5 Å². The number of likely N-dealkylation sites (tertiary alicyclic amines) is 1. The van der Waals surface area contributed by atoms with Crippen LogP contribution in [0, 0.1) is 11.8 Å². The first-order valence-corrected chi connectivity index (χ1v) is 20.5. The van der Waals surface area contributed by atoms with Crippen LogP contribution in [-0.4, -0.2) is 128 Å². The van der Waals surface area contributed by atoms with E-state index in [-0.39, 0.29) is 50.4 Å². The van der Waals surface area contributed by atoms with Crippen LogP contribution in [0.1, 0.15) is 63.8 Å². The summed E-state index contributed by atoms with van der Waals surface area (Å²) in [6.07, 6.45) is 4.04. The number of nitrogens with two attached hydrogens (primary N) is 1. The highest BCUT2D eigenvalue weighted by Crippen LogP contribution is 2.22. The highest BCUT2D eigenvalue weighted by molar-refractivity contribution is 5.97. The lowest BCUT2D eigenvalue weighted by Crippen LogP contribution is -2.61. The Kier molecular flexibility index (Phi) is 17.4. The van der Waals surface area contributed by atoms with E-state index in [0.29, 0.717) is 29.7 Å². The van der Waals surface area contributed by atoms with Gasteiger partial charge in [0.1, 0.15) is 42.0 Å². The first kappa shape index (κ1) is 47.4. The van der Waals surface area contributed by atoms with E-state index < -0.39 is 83.6 Å². The number of amides is 6. The highest BCUT2D eigenvalue weighted by atomic mass is 16.4. The van der Waals surface area contributed by atoms with E-state index in [0.717, 1.165) is 0 Å². The van der Waals surface area contributed by atoms with Gasteiger partial charge in [-0.3, -0.25) is 28.8 Å². The number of rotatable bonds is 21. The molecule has 18 nitrogen and oxygen atoms in total. The third-order valence-electron chi connectivity index (χ3n) is 11.0. The van der Waals surface area contributed by atoms with Gasteiger partial charge in [0.25, 0.3) is 0 Å². The minimum Gasteiger partial charge on any atom is -0.508 e. The normalized spacial score (nSPS) is 16.6. The first-order valence-electron chi connectivity index (χ1n) is 20.5. The second kappa shape index (κ2) is 22.3. The quantitative estimate of drug-likeness (QED) is 0.0738. The summed E-state index contributed by atoms with van der Waals surface area (Å²) < 4.78 is 0. The summed E-state index contributed by atoms with van der Waals surface area (Å²) in [4.78, 5) is 105. The van der Waals surface area contributed by atoms with Crippen LogP contribution in [0.3, 0.4) is 0 Å². The van der Waals surface area contributed by atoms with Crippen LogP contribution in [0.25, 0.3) is 0 Å². The third-order valence-corrected chi connectivity index (χ3v) is 11.0. The van der Waals surface area contributed by atoms with Crippen molar-refractivity contribution in [1.29, 1.82) is 0 Å². The number of likely N-dealkylation sites (N-methyl/N-ethyl adjacent to an activating group) is 1. The molecular weight excluding hydrogens is 787 g/mol. The molecule has 0 saturated carbocycles. The fourth-order valence-corrected chi connectivity index (χ4v) is 7.23.